The first kappa shape index (κ1) is 16.5. The Labute approximate surface area is 141 Å². The average molecular weight is 330 g/mol. The van der Waals surface area contributed by atoms with Crippen molar-refractivity contribution in [2.24, 2.45) is 0 Å². The fourth-order valence-corrected chi connectivity index (χ4v) is 2.91. The van der Waals surface area contributed by atoms with Gasteiger partial charge in [-0.2, -0.15) is 0 Å². The molecular weight excluding hydrogens is 308 g/mol. The number of rotatable bonds is 7. The maximum absolute atomic E-state index is 12.3. The molecule has 0 bridgehead atoms. The molecule has 2 aromatic rings. The van der Waals surface area contributed by atoms with Crippen LogP contribution in [0.4, 0.5) is 0 Å². The molecule has 0 unspecified atom stereocenters. The van der Waals surface area contributed by atoms with E-state index in [4.69, 9.17) is 14.0 Å². The SMILES string of the molecule is CCOCCCNC(=O)c1noc2c1CCc1ccc(OC)cc1-2. The summed E-state index contributed by atoms with van der Waals surface area (Å²) in [7, 11) is 1.63. The lowest BCUT2D eigenvalue weighted by Gasteiger charge is -2.15. The summed E-state index contributed by atoms with van der Waals surface area (Å²) in [5.74, 6) is 1.25. The Morgan fingerprint density at radius 1 is 1.38 bits per heavy atom. The van der Waals surface area contributed by atoms with Gasteiger partial charge in [-0.15, -0.1) is 0 Å². The third-order valence-corrected chi connectivity index (χ3v) is 4.16. The van der Waals surface area contributed by atoms with Gasteiger partial charge in [0.25, 0.3) is 5.91 Å². The largest absolute Gasteiger partial charge is 0.497 e. The molecule has 128 valence electrons. The van der Waals surface area contributed by atoms with Crippen LogP contribution in [0, 0.1) is 0 Å². The highest BCUT2D eigenvalue weighted by Gasteiger charge is 2.27. The summed E-state index contributed by atoms with van der Waals surface area (Å²) >= 11 is 0. The van der Waals surface area contributed by atoms with Gasteiger partial charge < -0.3 is 19.3 Å². The van der Waals surface area contributed by atoms with E-state index in [9.17, 15) is 4.79 Å². The van der Waals surface area contributed by atoms with Gasteiger partial charge in [-0.1, -0.05) is 11.2 Å². The van der Waals surface area contributed by atoms with Crippen LogP contribution in [0.5, 0.6) is 5.75 Å². The summed E-state index contributed by atoms with van der Waals surface area (Å²) in [5, 5.41) is 6.88. The van der Waals surface area contributed by atoms with E-state index in [0.717, 1.165) is 36.1 Å². The van der Waals surface area contributed by atoms with Gasteiger partial charge in [0.1, 0.15) is 5.75 Å². The van der Waals surface area contributed by atoms with Crippen LogP contribution in [-0.2, 0) is 17.6 Å². The highest BCUT2D eigenvalue weighted by Crippen LogP contribution is 2.37. The molecule has 0 saturated heterocycles. The number of nitrogens with zero attached hydrogens (tertiary/aromatic N) is 1. The Bertz CT molecular complexity index is 724. The van der Waals surface area contributed by atoms with Gasteiger partial charge in [-0.05, 0) is 43.9 Å². The van der Waals surface area contributed by atoms with Crippen LogP contribution in [0.3, 0.4) is 0 Å². The molecule has 1 aromatic carbocycles. The summed E-state index contributed by atoms with van der Waals surface area (Å²) in [6.07, 6.45) is 2.39. The van der Waals surface area contributed by atoms with Gasteiger partial charge in [0.2, 0.25) is 0 Å². The van der Waals surface area contributed by atoms with Gasteiger partial charge in [0, 0.05) is 30.9 Å². The molecule has 1 N–H and O–H groups in total. The first-order valence-corrected chi connectivity index (χ1v) is 8.26. The quantitative estimate of drug-likeness (QED) is 0.790. The second-order valence-corrected chi connectivity index (χ2v) is 5.67. The zero-order chi connectivity index (χ0) is 16.9. The van der Waals surface area contributed by atoms with E-state index in [0.29, 0.717) is 31.2 Å². The summed E-state index contributed by atoms with van der Waals surface area (Å²) < 4.78 is 16.0. The minimum Gasteiger partial charge on any atom is -0.497 e. The Balaban J connectivity index is 1.75. The molecule has 0 fully saturated rings. The third-order valence-electron chi connectivity index (χ3n) is 4.16. The zero-order valence-electron chi connectivity index (χ0n) is 14.1. The molecule has 6 nitrogen and oxygen atoms in total. The van der Waals surface area contributed by atoms with Crippen molar-refractivity contribution in [1.29, 1.82) is 0 Å². The van der Waals surface area contributed by atoms with Gasteiger partial charge in [-0.3, -0.25) is 4.79 Å². The molecule has 1 aromatic heterocycles. The fourth-order valence-electron chi connectivity index (χ4n) is 2.91. The van der Waals surface area contributed by atoms with E-state index < -0.39 is 0 Å². The molecule has 0 radical (unpaired) electrons. The average Bonchev–Trinajstić information content (AvgIpc) is 3.05. The smallest absolute Gasteiger partial charge is 0.273 e. The van der Waals surface area contributed by atoms with Gasteiger partial charge in [0.05, 0.1) is 7.11 Å². The molecule has 0 saturated carbocycles. The summed E-state index contributed by atoms with van der Waals surface area (Å²) in [6.45, 7) is 3.84. The second kappa shape index (κ2) is 7.49. The number of nitrogens with one attached hydrogen (secondary N) is 1. The maximum Gasteiger partial charge on any atom is 0.273 e. The minimum atomic E-state index is -0.192. The lowest BCUT2D eigenvalue weighted by molar-refractivity contribution is 0.0934. The van der Waals surface area contributed by atoms with Crippen LogP contribution in [-0.4, -0.2) is 37.9 Å². The summed E-state index contributed by atoms with van der Waals surface area (Å²) in [6, 6.07) is 5.90. The third kappa shape index (κ3) is 3.28. The number of aryl methyl sites for hydroxylation is 1. The first-order valence-electron chi connectivity index (χ1n) is 8.26. The minimum absolute atomic E-state index is 0.192. The molecule has 6 heteroatoms. The maximum atomic E-state index is 12.3. The van der Waals surface area contributed by atoms with E-state index in [1.807, 2.05) is 25.1 Å². The fraction of sp³-hybridized carbons (Fsp3) is 0.444. The van der Waals surface area contributed by atoms with Crippen LogP contribution in [0.2, 0.25) is 0 Å². The lowest BCUT2D eigenvalue weighted by Crippen LogP contribution is -2.26. The van der Waals surface area contributed by atoms with Crippen molar-refractivity contribution < 1.29 is 18.8 Å². The van der Waals surface area contributed by atoms with Crippen LogP contribution >= 0.6 is 0 Å². The van der Waals surface area contributed by atoms with Crippen LogP contribution in [0.15, 0.2) is 22.7 Å². The standard InChI is InChI=1S/C18H22N2O4/c1-3-23-10-4-9-19-18(21)16-14-8-6-12-5-7-13(22-2)11-15(12)17(14)24-20-16/h5,7,11H,3-4,6,8-10H2,1-2H3,(H,19,21). The van der Waals surface area contributed by atoms with E-state index >= 15 is 0 Å². The molecule has 0 atom stereocenters. The van der Waals surface area contributed by atoms with Crippen molar-refractivity contribution in [3.8, 4) is 17.1 Å². The van der Waals surface area contributed by atoms with Crippen molar-refractivity contribution in [2.75, 3.05) is 26.9 Å². The Kier molecular flexibility index (Phi) is 5.15. The molecule has 0 spiro atoms. The molecule has 24 heavy (non-hydrogen) atoms. The number of methoxy groups -OCH3 is 1. The van der Waals surface area contributed by atoms with Crippen LogP contribution < -0.4 is 10.1 Å². The van der Waals surface area contributed by atoms with E-state index in [-0.39, 0.29) is 5.91 Å². The van der Waals surface area contributed by atoms with E-state index in [1.54, 1.807) is 7.11 Å². The van der Waals surface area contributed by atoms with Gasteiger partial charge in [-0.25, -0.2) is 0 Å². The summed E-state index contributed by atoms with van der Waals surface area (Å²) in [4.78, 5) is 12.3. The summed E-state index contributed by atoms with van der Waals surface area (Å²) in [5.41, 5.74) is 3.40. The highest BCUT2D eigenvalue weighted by atomic mass is 16.5. The molecule has 1 aliphatic rings. The number of carbonyl (C=O) groups excluding carboxylic acids is 1. The first-order chi connectivity index (χ1) is 11.7. The number of aromatic nitrogens is 1. The Morgan fingerprint density at radius 2 is 2.25 bits per heavy atom. The molecule has 3 rings (SSSR count). The van der Waals surface area contributed by atoms with Crippen molar-refractivity contribution in [1.82, 2.24) is 10.5 Å². The number of fused-ring (bicyclic) bond motifs is 3. The molecule has 1 amide bonds. The molecule has 1 aliphatic carbocycles. The van der Waals surface area contributed by atoms with Crippen LogP contribution in [0.1, 0.15) is 35.0 Å². The number of hydrogen-bond donors (Lipinski definition) is 1. The zero-order valence-corrected chi connectivity index (χ0v) is 14.1. The second-order valence-electron chi connectivity index (χ2n) is 5.67. The number of hydrogen-bond acceptors (Lipinski definition) is 5. The molecule has 1 heterocycles. The van der Waals surface area contributed by atoms with E-state index in [2.05, 4.69) is 10.5 Å². The van der Waals surface area contributed by atoms with Crippen molar-refractivity contribution in [3.63, 3.8) is 0 Å². The number of amides is 1. The normalized spacial score (nSPS) is 12.4. The van der Waals surface area contributed by atoms with Gasteiger partial charge in [0.15, 0.2) is 11.5 Å². The lowest BCUT2D eigenvalue weighted by atomic mass is 9.89. The molecule has 0 aliphatic heterocycles. The highest BCUT2D eigenvalue weighted by molar-refractivity contribution is 5.95. The number of benzene rings is 1. The predicted molar refractivity (Wildman–Crippen MR) is 89.3 cm³/mol. The Hall–Kier alpha value is -2.34. The van der Waals surface area contributed by atoms with Gasteiger partial charge >= 0.3 is 0 Å². The van der Waals surface area contributed by atoms with Crippen molar-refractivity contribution in [3.05, 3.63) is 35.0 Å². The number of carbonyl (C=O) groups is 1. The topological polar surface area (TPSA) is 73.6 Å². The monoisotopic (exact) mass is 330 g/mol. The molecular formula is C18H22N2O4. The van der Waals surface area contributed by atoms with Crippen molar-refractivity contribution in [2.45, 2.75) is 26.2 Å². The number of ether oxygens (including phenoxy) is 2. The van der Waals surface area contributed by atoms with E-state index in [1.165, 1.54) is 5.56 Å². The predicted octanol–water partition coefficient (Wildman–Crippen LogP) is 2.61. The van der Waals surface area contributed by atoms with Crippen molar-refractivity contribution >= 4 is 5.91 Å². The van der Waals surface area contributed by atoms with Crippen LogP contribution in [0.25, 0.3) is 11.3 Å². The Morgan fingerprint density at radius 3 is 3.04 bits per heavy atom.